The van der Waals surface area contributed by atoms with E-state index in [9.17, 15) is 4.79 Å². The summed E-state index contributed by atoms with van der Waals surface area (Å²) in [7, 11) is 0. The number of thiophene rings is 1. The van der Waals surface area contributed by atoms with Gasteiger partial charge in [-0.15, -0.1) is 11.3 Å². The molecule has 2 aromatic rings. The third kappa shape index (κ3) is 4.36. The molecule has 20 heavy (non-hydrogen) atoms. The summed E-state index contributed by atoms with van der Waals surface area (Å²) in [6, 6.07) is 13.7. The SMILES string of the molecule is O=C(NCCO)NC(Cc1ccccc1)c1cccs1. The van der Waals surface area contributed by atoms with Crippen LogP contribution in [0.3, 0.4) is 0 Å². The fourth-order valence-corrected chi connectivity index (χ4v) is 2.72. The quantitative estimate of drug-likeness (QED) is 0.764. The topological polar surface area (TPSA) is 61.4 Å². The van der Waals surface area contributed by atoms with Gasteiger partial charge in [0.05, 0.1) is 12.6 Å². The molecule has 0 aliphatic carbocycles. The van der Waals surface area contributed by atoms with Gasteiger partial charge in [0.15, 0.2) is 0 Å². The minimum absolute atomic E-state index is 0.0592. The molecule has 2 rings (SSSR count). The van der Waals surface area contributed by atoms with Gasteiger partial charge in [0, 0.05) is 11.4 Å². The van der Waals surface area contributed by atoms with Crippen LogP contribution in [0.25, 0.3) is 0 Å². The number of aliphatic hydroxyl groups excluding tert-OH is 1. The van der Waals surface area contributed by atoms with Gasteiger partial charge in [-0.1, -0.05) is 36.4 Å². The van der Waals surface area contributed by atoms with Gasteiger partial charge in [-0.25, -0.2) is 4.79 Å². The fraction of sp³-hybridized carbons (Fsp3) is 0.267. The van der Waals surface area contributed by atoms with Crippen LogP contribution in [-0.4, -0.2) is 24.3 Å². The van der Waals surface area contributed by atoms with E-state index in [1.54, 1.807) is 11.3 Å². The highest BCUT2D eigenvalue weighted by Gasteiger charge is 2.15. The van der Waals surface area contributed by atoms with E-state index in [4.69, 9.17) is 5.11 Å². The first-order valence-electron chi connectivity index (χ1n) is 6.52. The fourth-order valence-electron chi connectivity index (χ4n) is 1.94. The normalized spacial score (nSPS) is 11.8. The van der Waals surface area contributed by atoms with Gasteiger partial charge in [-0.05, 0) is 23.4 Å². The molecular weight excluding hydrogens is 272 g/mol. The van der Waals surface area contributed by atoms with E-state index in [-0.39, 0.29) is 25.2 Å². The Morgan fingerprint density at radius 3 is 2.65 bits per heavy atom. The average molecular weight is 290 g/mol. The van der Waals surface area contributed by atoms with E-state index < -0.39 is 0 Å². The lowest BCUT2D eigenvalue weighted by Crippen LogP contribution is -2.39. The van der Waals surface area contributed by atoms with Gasteiger partial charge in [-0.2, -0.15) is 0 Å². The van der Waals surface area contributed by atoms with Gasteiger partial charge < -0.3 is 15.7 Å². The maximum Gasteiger partial charge on any atom is 0.315 e. The van der Waals surface area contributed by atoms with Crippen molar-refractivity contribution in [3.05, 3.63) is 58.3 Å². The molecule has 0 aliphatic heterocycles. The number of urea groups is 1. The summed E-state index contributed by atoms with van der Waals surface area (Å²) in [6.07, 6.45) is 0.744. The minimum Gasteiger partial charge on any atom is -0.395 e. The molecule has 0 saturated heterocycles. The summed E-state index contributed by atoms with van der Waals surface area (Å²) in [5.41, 5.74) is 1.17. The summed E-state index contributed by atoms with van der Waals surface area (Å²) in [5.74, 6) is 0. The number of benzene rings is 1. The summed E-state index contributed by atoms with van der Waals surface area (Å²) in [4.78, 5) is 12.9. The molecule has 1 aromatic heterocycles. The Balaban J connectivity index is 2.04. The highest BCUT2D eigenvalue weighted by molar-refractivity contribution is 7.10. The predicted octanol–water partition coefficient (Wildman–Crippen LogP) is 2.32. The first-order chi connectivity index (χ1) is 9.79. The largest absolute Gasteiger partial charge is 0.395 e. The number of hydrogen-bond acceptors (Lipinski definition) is 3. The van der Waals surface area contributed by atoms with Crippen LogP contribution in [0.2, 0.25) is 0 Å². The summed E-state index contributed by atoms with van der Waals surface area (Å²) in [5, 5.41) is 16.3. The number of carbonyl (C=O) groups excluding carboxylic acids is 1. The zero-order valence-corrected chi connectivity index (χ0v) is 11.9. The Kier molecular flexibility index (Phi) is 5.58. The molecule has 3 N–H and O–H groups in total. The van der Waals surface area contributed by atoms with Gasteiger partial charge in [0.2, 0.25) is 0 Å². The Hall–Kier alpha value is -1.85. The van der Waals surface area contributed by atoms with Crippen molar-refractivity contribution in [2.75, 3.05) is 13.2 Å². The molecule has 0 fully saturated rings. The lowest BCUT2D eigenvalue weighted by Gasteiger charge is -2.18. The first kappa shape index (κ1) is 14.6. The Morgan fingerprint density at radius 1 is 1.20 bits per heavy atom. The second kappa shape index (κ2) is 7.67. The summed E-state index contributed by atoms with van der Waals surface area (Å²) < 4.78 is 0. The molecule has 4 nitrogen and oxygen atoms in total. The lowest BCUT2D eigenvalue weighted by atomic mass is 10.0. The number of aliphatic hydroxyl groups is 1. The van der Waals surface area contributed by atoms with E-state index in [2.05, 4.69) is 10.6 Å². The molecule has 1 atom stereocenters. The zero-order chi connectivity index (χ0) is 14.2. The molecule has 0 spiro atoms. The van der Waals surface area contributed by atoms with Crippen LogP contribution in [0.5, 0.6) is 0 Å². The number of carbonyl (C=O) groups is 1. The van der Waals surface area contributed by atoms with E-state index in [0.29, 0.717) is 0 Å². The molecule has 1 unspecified atom stereocenters. The number of hydrogen-bond donors (Lipinski definition) is 3. The first-order valence-corrected chi connectivity index (χ1v) is 7.40. The number of amides is 2. The lowest BCUT2D eigenvalue weighted by molar-refractivity contribution is 0.230. The predicted molar refractivity (Wildman–Crippen MR) is 80.8 cm³/mol. The monoisotopic (exact) mass is 290 g/mol. The third-order valence-electron chi connectivity index (χ3n) is 2.87. The second-order valence-corrected chi connectivity index (χ2v) is 5.36. The van der Waals surface area contributed by atoms with Crippen LogP contribution >= 0.6 is 11.3 Å². The van der Waals surface area contributed by atoms with Crippen molar-refractivity contribution in [1.29, 1.82) is 0 Å². The second-order valence-electron chi connectivity index (χ2n) is 4.38. The van der Waals surface area contributed by atoms with Crippen LogP contribution < -0.4 is 10.6 Å². The maximum absolute atomic E-state index is 11.8. The maximum atomic E-state index is 11.8. The van der Waals surface area contributed by atoms with Crippen molar-refractivity contribution in [1.82, 2.24) is 10.6 Å². The zero-order valence-electron chi connectivity index (χ0n) is 11.1. The summed E-state index contributed by atoms with van der Waals surface area (Å²) >= 11 is 1.62. The van der Waals surface area contributed by atoms with Gasteiger partial charge in [-0.3, -0.25) is 0 Å². The van der Waals surface area contributed by atoms with Crippen LogP contribution in [0.15, 0.2) is 47.8 Å². The van der Waals surface area contributed by atoms with Crippen molar-refractivity contribution >= 4 is 17.4 Å². The molecule has 0 aliphatic rings. The smallest absolute Gasteiger partial charge is 0.315 e. The highest BCUT2D eigenvalue weighted by Crippen LogP contribution is 2.22. The molecule has 0 saturated carbocycles. The van der Waals surface area contributed by atoms with E-state index >= 15 is 0 Å². The molecule has 0 bridgehead atoms. The van der Waals surface area contributed by atoms with Crippen LogP contribution in [0, 0.1) is 0 Å². The van der Waals surface area contributed by atoms with Crippen molar-refractivity contribution in [2.45, 2.75) is 12.5 Å². The molecule has 106 valence electrons. The molecule has 1 aromatic carbocycles. The Bertz CT molecular complexity index is 514. The van der Waals surface area contributed by atoms with Crippen LogP contribution in [0.4, 0.5) is 4.79 Å². The van der Waals surface area contributed by atoms with Gasteiger partial charge in [0.1, 0.15) is 0 Å². The molecule has 0 radical (unpaired) electrons. The van der Waals surface area contributed by atoms with E-state index in [0.717, 1.165) is 11.3 Å². The van der Waals surface area contributed by atoms with Crippen molar-refractivity contribution in [3.8, 4) is 0 Å². The van der Waals surface area contributed by atoms with E-state index in [1.165, 1.54) is 5.56 Å². The van der Waals surface area contributed by atoms with E-state index in [1.807, 2.05) is 47.8 Å². The average Bonchev–Trinajstić information content (AvgIpc) is 3.00. The van der Waals surface area contributed by atoms with Crippen molar-refractivity contribution in [2.24, 2.45) is 0 Å². The summed E-state index contributed by atoms with van der Waals surface area (Å²) in [6.45, 7) is 0.199. The van der Waals surface area contributed by atoms with Crippen molar-refractivity contribution < 1.29 is 9.90 Å². The molecule has 2 amide bonds. The minimum atomic E-state index is -0.256. The third-order valence-corrected chi connectivity index (χ3v) is 3.86. The van der Waals surface area contributed by atoms with Crippen LogP contribution in [-0.2, 0) is 6.42 Å². The standard InChI is InChI=1S/C15H18N2O2S/c18-9-8-16-15(19)17-13(14-7-4-10-20-14)11-12-5-2-1-3-6-12/h1-7,10,13,18H,8-9,11H2,(H2,16,17,19). The molecule has 1 heterocycles. The van der Waals surface area contributed by atoms with Crippen LogP contribution in [0.1, 0.15) is 16.5 Å². The highest BCUT2D eigenvalue weighted by atomic mass is 32.1. The number of rotatable bonds is 6. The van der Waals surface area contributed by atoms with Crippen molar-refractivity contribution in [3.63, 3.8) is 0 Å². The molecular formula is C15H18N2O2S. The van der Waals surface area contributed by atoms with Gasteiger partial charge in [0.25, 0.3) is 0 Å². The molecule has 5 heteroatoms. The number of nitrogens with one attached hydrogen (secondary N) is 2. The Morgan fingerprint density at radius 2 is 2.00 bits per heavy atom. The Labute approximate surface area is 122 Å². The van der Waals surface area contributed by atoms with Gasteiger partial charge >= 0.3 is 6.03 Å².